The molecule has 0 bridgehead atoms. The predicted molar refractivity (Wildman–Crippen MR) is 107 cm³/mol. The molecule has 0 unspecified atom stereocenters. The van der Waals surface area contributed by atoms with Gasteiger partial charge >= 0.3 is 0 Å². The molecule has 6 nitrogen and oxygen atoms in total. The number of ether oxygens (including phenoxy) is 1. The molecule has 3 rings (SSSR count). The zero-order valence-corrected chi connectivity index (χ0v) is 15.9. The Morgan fingerprint density at radius 2 is 1.44 bits per heavy atom. The third-order valence-electron chi connectivity index (χ3n) is 3.99. The van der Waals surface area contributed by atoms with Crippen molar-refractivity contribution in [1.29, 1.82) is 0 Å². The Balaban J connectivity index is 1.73. The van der Waals surface area contributed by atoms with Crippen LogP contribution in [0.25, 0.3) is 0 Å². The van der Waals surface area contributed by atoms with Crippen LogP contribution in [0.3, 0.4) is 0 Å². The lowest BCUT2D eigenvalue weighted by Crippen LogP contribution is -2.18. The van der Waals surface area contributed by atoms with E-state index in [9.17, 15) is 4.79 Å². The molecule has 0 saturated heterocycles. The van der Waals surface area contributed by atoms with Crippen LogP contribution in [0.2, 0.25) is 0 Å². The molecule has 2 aromatic carbocycles. The van der Waals surface area contributed by atoms with Gasteiger partial charge in [-0.1, -0.05) is 18.2 Å². The predicted octanol–water partition coefficient (Wildman–Crippen LogP) is 4.20. The summed E-state index contributed by atoms with van der Waals surface area (Å²) in [5.74, 6) is 1.82. The molecular formula is C21H22N4O2. The second-order valence-electron chi connectivity index (χ2n) is 6.36. The maximum Gasteiger partial charge on any atom is 0.255 e. The van der Waals surface area contributed by atoms with E-state index in [1.807, 2.05) is 63.2 Å². The molecule has 0 fully saturated rings. The Labute approximate surface area is 158 Å². The van der Waals surface area contributed by atoms with Crippen molar-refractivity contribution in [3.63, 3.8) is 0 Å². The number of aromatic nitrogens is 2. The van der Waals surface area contributed by atoms with Crippen molar-refractivity contribution in [2.24, 2.45) is 0 Å². The minimum Gasteiger partial charge on any atom is -0.457 e. The van der Waals surface area contributed by atoms with E-state index in [0.717, 1.165) is 17.1 Å². The largest absolute Gasteiger partial charge is 0.457 e. The number of hydrogen-bond acceptors (Lipinski definition) is 5. The minimum absolute atomic E-state index is 0.214. The summed E-state index contributed by atoms with van der Waals surface area (Å²) < 4.78 is 5.75. The third kappa shape index (κ3) is 4.41. The van der Waals surface area contributed by atoms with Gasteiger partial charge in [-0.05, 0) is 50.2 Å². The highest BCUT2D eigenvalue weighted by molar-refractivity contribution is 6.04. The van der Waals surface area contributed by atoms with Crippen molar-refractivity contribution in [2.45, 2.75) is 13.8 Å². The van der Waals surface area contributed by atoms with E-state index in [-0.39, 0.29) is 5.91 Å². The molecule has 1 amide bonds. The highest BCUT2D eigenvalue weighted by Gasteiger charge is 2.14. The van der Waals surface area contributed by atoms with E-state index in [4.69, 9.17) is 4.74 Å². The van der Waals surface area contributed by atoms with Crippen molar-refractivity contribution in [3.8, 4) is 11.5 Å². The molecule has 0 atom stereocenters. The normalized spacial score (nSPS) is 10.4. The highest BCUT2D eigenvalue weighted by atomic mass is 16.5. The summed E-state index contributed by atoms with van der Waals surface area (Å²) in [6, 6.07) is 16.5. The van der Waals surface area contributed by atoms with Gasteiger partial charge in [0, 0.05) is 19.7 Å². The number of carbonyl (C=O) groups excluding carboxylic acids is 1. The first-order valence-electron chi connectivity index (χ1n) is 8.61. The molecule has 6 heteroatoms. The van der Waals surface area contributed by atoms with Crippen LogP contribution in [-0.4, -0.2) is 30.0 Å². The van der Waals surface area contributed by atoms with Crippen LogP contribution in [0.15, 0.2) is 54.6 Å². The van der Waals surface area contributed by atoms with Gasteiger partial charge in [-0.3, -0.25) is 4.79 Å². The summed E-state index contributed by atoms with van der Waals surface area (Å²) in [6.07, 6.45) is 0. The SMILES string of the molecule is Cc1nc(N(C)C)nc(C)c1NC(=O)c1ccc(Oc2ccccc2)cc1. The lowest BCUT2D eigenvalue weighted by molar-refractivity contribution is 0.102. The maximum absolute atomic E-state index is 12.6. The number of amides is 1. The smallest absolute Gasteiger partial charge is 0.255 e. The first kappa shape index (κ1) is 18.4. The number of anilines is 2. The fourth-order valence-electron chi connectivity index (χ4n) is 2.56. The van der Waals surface area contributed by atoms with Gasteiger partial charge in [0.15, 0.2) is 0 Å². The number of nitrogens with zero attached hydrogens (tertiary/aromatic N) is 3. The van der Waals surface area contributed by atoms with E-state index in [0.29, 0.717) is 22.9 Å². The van der Waals surface area contributed by atoms with Crippen LogP contribution >= 0.6 is 0 Å². The van der Waals surface area contributed by atoms with E-state index < -0.39 is 0 Å². The molecule has 1 heterocycles. The molecule has 0 aliphatic heterocycles. The number of nitrogens with one attached hydrogen (secondary N) is 1. The average molecular weight is 362 g/mol. The monoisotopic (exact) mass is 362 g/mol. The standard InChI is InChI=1S/C21H22N4O2/c1-14-19(15(2)23-21(22-14)25(3)4)24-20(26)16-10-12-18(13-11-16)27-17-8-6-5-7-9-17/h5-13H,1-4H3,(H,24,26). The highest BCUT2D eigenvalue weighted by Crippen LogP contribution is 2.23. The van der Waals surface area contributed by atoms with Crippen LogP contribution in [0.4, 0.5) is 11.6 Å². The third-order valence-corrected chi connectivity index (χ3v) is 3.99. The number of para-hydroxylation sites is 1. The molecule has 27 heavy (non-hydrogen) atoms. The van der Waals surface area contributed by atoms with Crippen LogP contribution in [0.5, 0.6) is 11.5 Å². The van der Waals surface area contributed by atoms with E-state index in [1.165, 1.54) is 0 Å². The van der Waals surface area contributed by atoms with E-state index in [1.54, 1.807) is 24.3 Å². The number of benzene rings is 2. The number of rotatable bonds is 5. The summed E-state index contributed by atoms with van der Waals surface area (Å²) in [6.45, 7) is 3.71. The summed E-state index contributed by atoms with van der Waals surface area (Å²) >= 11 is 0. The Morgan fingerprint density at radius 1 is 0.889 bits per heavy atom. The van der Waals surface area contributed by atoms with E-state index >= 15 is 0 Å². The molecule has 0 aliphatic rings. The van der Waals surface area contributed by atoms with Gasteiger partial charge in [0.05, 0.1) is 17.1 Å². The lowest BCUT2D eigenvalue weighted by Gasteiger charge is -2.15. The van der Waals surface area contributed by atoms with Gasteiger partial charge in [-0.25, -0.2) is 9.97 Å². The van der Waals surface area contributed by atoms with Gasteiger partial charge in [-0.2, -0.15) is 0 Å². The molecule has 0 aliphatic carbocycles. The zero-order valence-electron chi connectivity index (χ0n) is 15.9. The quantitative estimate of drug-likeness (QED) is 0.737. The zero-order chi connectivity index (χ0) is 19.4. The van der Waals surface area contributed by atoms with Gasteiger partial charge in [0.1, 0.15) is 11.5 Å². The molecular weight excluding hydrogens is 340 g/mol. The van der Waals surface area contributed by atoms with Crippen LogP contribution in [-0.2, 0) is 0 Å². The fraction of sp³-hybridized carbons (Fsp3) is 0.190. The van der Waals surface area contributed by atoms with Crippen molar-refractivity contribution < 1.29 is 9.53 Å². The Bertz CT molecular complexity index is 915. The number of aryl methyl sites for hydroxylation is 2. The maximum atomic E-state index is 12.6. The average Bonchev–Trinajstić information content (AvgIpc) is 2.65. The topological polar surface area (TPSA) is 67.4 Å². The molecule has 1 aromatic heterocycles. The Morgan fingerprint density at radius 3 is 2.00 bits per heavy atom. The number of hydrogen-bond donors (Lipinski definition) is 1. The van der Waals surface area contributed by atoms with Gasteiger partial charge in [0.25, 0.3) is 5.91 Å². The summed E-state index contributed by atoms with van der Waals surface area (Å²) in [5, 5.41) is 2.91. The fourth-order valence-corrected chi connectivity index (χ4v) is 2.56. The van der Waals surface area contributed by atoms with Crippen molar-refractivity contribution >= 4 is 17.5 Å². The summed E-state index contributed by atoms with van der Waals surface area (Å²) in [5.41, 5.74) is 2.62. The Kier molecular flexibility index (Phi) is 5.35. The van der Waals surface area contributed by atoms with Crippen molar-refractivity contribution in [1.82, 2.24) is 9.97 Å². The van der Waals surface area contributed by atoms with Gasteiger partial charge < -0.3 is 15.0 Å². The van der Waals surface area contributed by atoms with Crippen molar-refractivity contribution in [3.05, 3.63) is 71.5 Å². The first-order valence-corrected chi connectivity index (χ1v) is 8.61. The minimum atomic E-state index is -0.214. The molecule has 3 aromatic rings. The first-order chi connectivity index (χ1) is 12.9. The molecule has 0 radical (unpaired) electrons. The lowest BCUT2D eigenvalue weighted by atomic mass is 10.2. The van der Waals surface area contributed by atoms with Gasteiger partial charge in [-0.15, -0.1) is 0 Å². The van der Waals surface area contributed by atoms with Crippen LogP contribution in [0.1, 0.15) is 21.7 Å². The number of carbonyl (C=O) groups is 1. The molecule has 0 spiro atoms. The summed E-state index contributed by atoms with van der Waals surface area (Å²) in [4.78, 5) is 23.3. The second kappa shape index (κ2) is 7.86. The van der Waals surface area contributed by atoms with Crippen molar-refractivity contribution in [2.75, 3.05) is 24.3 Å². The second-order valence-corrected chi connectivity index (χ2v) is 6.36. The molecule has 138 valence electrons. The Hall–Kier alpha value is -3.41. The molecule has 0 saturated carbocycles. The van der Waals surface area contributed by atoms with Gasteiger partial charge in [0.2, 0.25) is 5.95 Å². The van der Waals surface area contributed by atoms with Crippen LogP contribution in [0, 0.1) is 13.8 Å². The van der Waals surface area contributed by atoms with E-state index in [2.05, 4.69) is 15.3 Å². The molecule has 1 N–H and O–H groups in total. The summed E-state index contributed by atoms with van der Waals surface area (Å²) in [7, 11) is 3.76. The van der Waals surface area contributed by atoms with Crippen LogP contribution < -0.4 is 15.0 Å².